The predicted octanol–water partition coefficient (Wildman–Crippen LogP) is 2.67. The smallest absolute Gasteiger partial charge is 0.126 e. The van der Waals surface area contributed by atoms with Crippen molar-refractivity contribution in [1.29, 1.82) is 0 Å². The van der Waals surface area contributed by atoms with E-state index in [9.17, 15) is 0 Å². The normalized spacial score (nSPS) is 25.5. The average molecular weight is 205 g/mol. The quantitative estimate of drug-likeness (QED) is 0.801. The van der Waals surface area contributed by atoms with Gasteiger partial charge in [-0.3, -0.25) is 0 Å². The summed E-state index contributed by atoms with van der Waals surface area (Å²) in [6.07, 6.45) is 1.25. The van der Waals surface area contributed by atoms with Crippen molar-refractivity contribution in [3.05, 3.63) is 29.3 Å². The van der Waals surface area contributed by atoms with Crippen LogP contribution in [0.15, 0.2) is 18.2 Å². The van der Waals surface area contributed by atoms with E-state index in [4.69, 9.17) is 4.74 Å². The first-order valence-electron chi connectivity index (χ1n) is 5.61. The number of ether oxygens (including phenoxy) is 1. The van der Waals surface area contributed by atoms with Gasteiger partial charge in [0.05, 0.1) is 7.11 Å². The van der Waals surface area contributed by atoms with E-state index in [2.05, 4.69) is 37.4 Å². The summed E-state index contributed by atoms with van der Waals surface area (Å²) >= 11 is 0. The third kappa shape index (κ3) is 1.86. The van der Waals surface area contributed by atoms with Gasteiger partial charge in [-0.15, -0.1) is 0 Å². The Labute approximate surface area is 91.6 Å². The molecule has 0 aromatic heterocycles. The molecule has 1 heterocycles. The number of benzene rings is 1. The number of hydrogen-bond acceptors (Lipinski definition) is 2. The van der Waals surface area contributed by atoms with E-state index in [1.54, 1.807) is 7.11 Å². The zero-order valence-electron chi connectivity index (χ0n) is 9.71. The van der Waals surface area contributed by atoms with Gasteiger partial charge in [0, 0.05) is 11.6 Å². The van der Waals surface area contributed by atoms with Gasteiger partial charge >= 0.3 is 0 Å². The van der Waals surface area contributed by atoms with Crippen molar-refractivity contribution in [2.75, 3.05) is 13.7 Å². The molecule has 2 nitrogen and oxygen atoms in total. The van der Waals surface area contributed by atoms with Crippen molar-refractivity contribution in [3.63, 3.8) is 0 Å². The Morgan fingerprint density at radius 2 is 2.20 bits per heavy atom. The topological polar surface area (TPSA) is 21.3 Å². The van der Waals surface area contributed by atoms with E-state index < -0.39 is 0 Å². The van der Waals surface area contributed by atoms with Gasteiger partial charge < -0.3 is 10.1 Å². The van der Waals surface area contributed by atoms with E-state index in [1.807, 2.05) is 0 Å². The van der Waals surface area contributed by atoms with Crippen LogP contribution < -0.4 is 10.1 Å². The molecule has 1 aromatic carbocycles. The van der Waals surface area contributed by atoms with Crippen LogP contribution in [0.4, 0.5) is 0 Å². The fraction of sp³-hybridized carbons (Fsp3) is 0.538. The van der Waals surface area contributed by atoms with Crippen molar-refractivity contribution in [2.24, 2.45) is 5.92 Å². The molecule has 1 aliphatic rings. The summed E-state index contributed by atoms with van der Waals surface area (Å²) in [4.78, 5) is 0. The van der Waals surface area contributed by atoms with Crippen LogP contribution in [0.25, 0.3) is 0 Å². The average Bonchev–Trinajstić information content (AvgIpc) is 2.64. The third-order valence-electron chi connectivity index (χ3n) is 3.31. The first-order valence-corrected chi connectivity index (χ1v) is 5.61. The highest BCUT2D eigenvalue weighted by Crippen LogP contribution is 2.36. The van der Waals surface area contributed by atoms with Crippen LogP contribution in [0, 0.1) is 12.8 Å². The molecule has 2 heteroatoms. The third-order valence-corrected chi connectivity index (χ3v) is 3.31. The zero-order valence-corrected chi connectivity index (χ0v) is 9.71. The van der Waals surface area contributed by atoms with Crippen LogP contribution in [0.5, 0.6) is 5.75 Å². The van der Waals surface area contributed by atoms with Crippen LogP contribution in [-0.4, -0.2) is 13.7 Å². The number of aryl methyl sites for hydroxylation is 1. The summed E-state index contributed by atoms with van der Waals surface area (Å²) < 4.78 is 5.50. The van der Waals surface area contributed by atoms with Gasteiger partial charge in [-0.05, 0) is 31.4 Å². The molecule has 15 heavy (non-hydrogen) atoms. The molecule has 0 saturated carbocycles. The van der Waals surface area contributed by atoms with E-state index in [0.29, 0.717) is 12.0 Å². The maximum Gasteiger partial charge on any atom is 0.126 e. The summed E-state index contributed by atoms with van der Waals surface area (Å²) in [6.45, 7) is 5.51. The van der Waals surface area contributed by atoms with Crippen molar-refractivity contribution in [2.45, 2.75) is 26.3 Å². The van der Waals surface area contributed by atoms with Gasteiger partial charge in [0.15, 0.2) is 0 Å². The van der Waals surface area contributed by atoms with Gasteiger partial charge in [0.25, 0.3) is 0 Å². The number of hydrogen-bond donors (Lipinski definition) is 1. The Balaban J connectivity index is 2.38. The fourth-order valence-electron chi connectivity index (χ4n) is 2.45. The van der Waals surface area contributed by atoms with Gasteiger partial charge in [0.2, 0.25) is 0 Å². The summed E-state index contributed by atoms with van der Waals surface area (Å²) in [5.74, 6) is 1.74. The van der Waals surface area contributed by atoms with Crippen LogP contribution in [-0.2, 0) is 0 Å². The molecule has 82 valence electrons. The Hall–Kier alpha value is -1.02. The lowest BCUT2D eigenvalue weighted by molar-refractivity contribution is 0.391. The molecule has 1 saturated heterocycles. The molecule has 2 atom stereocenters. The Morgan fingerprint density at radius 3 is 2.80 bits per heavy atom. The predicted molar refractivity (Wildman–Crippen MR) is 62.3 cm³/mol. The molecular formula is C13H19NO. The minimum absolute atomic E-state index is 0.458. The molecule has 1 aliphatic heterocycles. The second kappa shape index (κ2) is 4.23. The molecule has 0 aliphatic carbocycles. The minimum atomic E-state index is 0.458. The van der Waals surface area contributed by atoms with Crippen molar-refractivity contribution in [1.82, 2.24) is 5.32 Å². The fourth-order valence-corrected chi connectivity index (χ4v) is 2.45. The van der Waals surface area contributed by atoms with Gasteiger partial charge in [-0.25, -0.2) is 0 Å². The molecule has 0 unspecified atom stereocenters. The van der Waals surface area contributed by atoms with E-state index in [0.717, 1.165) is 12.3 Å². The Bertz CT molecular complexity index is 348. The maximum atomic E-state index is 5.50. The number of nitrogens with one attached hydrogen (secondary N) is 1. The Morgan fingerprint density at radius 1 is 1.40 bits per heavy atom. The first kappa shape index (κ1) is 10.5. The summed E-state index contributed by atoms with van der Waals surface area (Å²) in [5.41, 5.74) is 2.53. The van der Waals surface area contributed by atoms with Gasteiger partial charge in [-0.1, -0.05) is 25.1 Å². The number of para-hydroxylation sites is 1. The first-order chi connectivity index (χ1) is 7.24. The molecule has 2 rings (SSSR count). The molecular weight excluding hydrogens is 186 g/mol. The molecule has 0 radical (unpaired) electrons. The Kier molecular flexibility index (Phi) is 2.96. The summed E-state index contributed by atoms with van der Waals surface area (Å²) in [6, 6.07) is 6.84. The lowest BCUT2D eigenvalue weighted by Crippen LogP contribution is -2.17. The second-order valence-electron chi connectivity index (χ2n) is 4.40. The summed E-state index contributed by atoms with van der Waals surface area (Å²) in [5, 5.41) is 3.54. The van der Waals surface area contributed by atoms with Gasteiger partial charge in [0.1, 0.15) is 5.75 Å². The molecule has 0 amide bonds. The van der Waals surface area contributed by atoms with E-state index in [-0.39, 0.29) is 0 Å². The highest BCUT2D eigenvalue weighted by atomic mass is 16.5. The highest BCUT2D eigenvalue weighted by Gasteiger charge is 2.26. The standard InChI is InChI=1S/C13H19NO/c1-9-7-8-14-12(9)11-6-4-5-10(2)13(11)15-3/h4-6,9,12,14H,7-8H2,1-3H3/t9-,12-/m0/s1. The molecule has 0 bridgehead atoms. The van der Waals surface area contributed by atoms with Crippen LogP contribution in [0.3, 0.4) is 0 Å². The minimum Gasteiger partial charge on any atom is -0.496 e. The highest BCUT2D eigenvalue weighted by molar-refractivity contribution is 5.43. The number of methoxy groups -OCH3 is 1. The van der Waals surface area contributed by atoms with Crippen LogP contribution >= 0.6 is 0 Å². The zero-order chi connectivity index (χ0) is 10.8. The van der Waals surface area contributed by atoms with E-state index in [1.165, 1.54) is 17.5 Å². The van der Waals surface area contributed by atoms with Crippen molar-refractivity contribution in [3.8, 4) is 5.75 Å². The lowest BCUT2D eigenvalue weighted by Gasteiger charge is -2.20. The van der Waals surface area contributed by atoms with Gasteiger partial charge in [-0.2, -0.15) is 0 Å². The molecule has 1 N–H and O–H groups in total. The lowest BCUT2D eigenvalue weighted by atomic mass is 9.94. The van der Waals surface area contributed by atoms with Crippen LogP contribution in [0.2, 0.25) is 0 Å². The molecule has 1 aromatic rings. The second-order valence-corrected chi connectivity index (χ2v) is 4.40. The maximum absolute atomic E-state index is 5.50. The largest absolute Gasteiger partial charge is 0.496 e. The van der Waals surface area contributed by atoms with Crippen molar-refractivity contribution >= 4 is 0 Å². The van der Waals surface area contributed by atoms with Crippen molar-refractivity contribution < 1.29 is 4.74 Å². The molecule has 1 fully saturated rings. The number of rotatable bonds is 2. The van der Waals surface area contributed by atoms with Crippen LogP contribution in [0.1, 0.15) is 30.5 Å². The van der Waals surface area contributed by atoms with E-state index >= 15 is 0 Å². The summed E-state index contributed by atoms with van der Waals surface area (Å²) in [7, 11) is 1.76. The monoisotopic (exact) mass is 205 g/mol. The molecule has 0 spiro atoms. The SMILES string of the molecule is COc1c(C)cccc1[C@H]1NCC[C@@H]1C.